The van der Waals surface area contributed by atoms with Gasteiger partial charge >= 0.3 is 0 Å². The summed E-state index contributed by atoms with van der Waals surface area (Å²) in [5.41, 5.74) is 4.79. The number of rotatable bonds is 5. The van der Waals surface area contributed by atoms with E-state index >= 15 is 0 Å². The van der Waals surface area contributed by atoms with Crippen LogP contribution in [0.5, 0.6) is 0 Å². The molecule has 2 heteroatoms. The summed E-state index contributed by atoms with van der Waals surface area (Å²) in [6.07, 6.45) is 1.91. The Bertz CT molecular complexity index is 217. The van der Waals surface area contributed by atoms with Crippen LogP contribution in [0.3, 0.4) is 0 Å². The predicted molar refractivity (Wildman–Crippen MR) is 78.3 cm³/mol. The lowest BCUT2D eigenvalue weighted by atomic mass is 10.5. The first-order chi connectivity index (χ1) is 6.78. The molecule has 88 valence electrons. The highest BCUT2D eigenvalue weighted by atomic mass is 79.9. The van der Waals surface area contributed by atoms with Crippen molar-refractivity contribution < 1.29 is 0 Å². The Hall–Kier alpha value is 0.177. The van der Waals surface area contributed by atoms with Gasteiger partial charge in [-0.05, 0) is 16.6 Å². The van der Waals surface area contributed by atoms with Gasteiger partial charge in [0.05, 0.1) is 8.07 Å². The van der Waals surface area contributed by atoms with Gasteiger partial charge in [-0.15, -0.1) is 0 Å². The van der Waals surface area contributed by atoms with Gasteiger partial charge in [-0.1, -0.05) is 75.8 Å². The Morgan fingerprint density at radius 2 is 1.33 bits per heavy atom. The minimum Gasteiger partial charge on any atom is -0.0980 e. The second-order valence-corrected chi connectivity index (χ2v) is 11.9. The van der Waals surface area contributed by atoms with Crippen LogP contribution in [0.2, 0.25) is 16.6 Å². The highest BCUT2D eigenvalue weighted by molar-refractivity contribution is 9.11. The van der Waals surface area contributed by atoms with Gasteiger partial charge in [-0.25, -0.2) is 0 Å². The van der Waals surface area contributed by atoms with Gasteiger partial charge in [0.1, 0.15) is 0 Å². The van der Waals surface area contributed by atoms with Crippen LogP contribution in [0.1, 0.15) is 41.5 Å². The monoisotopic (exact) mass is 288 g/mol. The van der Waals surface area contributed by atoms with Crippen molar-refractivity contribution in [2.24, 2.45) is 0 Å². The van der Waals surface area contributed by atoms with Crippen LogP contribution < -0.4 is 0 Å². The Balaban J connectivity index is 5.43. The van der Waals surface area contributed by atoms with Crippen molar-refractivity contribution in [3.8, 4) is 0 Å². The molecule has 0 aliphatic rings. The van der Waals surface area contributed by atoms with Crippen LogP contribution in [0.25, 0.3) is 0 Å². The molecule has 0 aromatic carbocycles. The molecule has 0 aliphatic carbocycles. The number of halogens is 1. The van der Waals surface area contributed by atoms with E-state index in [1.165, 1.54) is 4.48 Å². The molecule has 0 atom stereocenters. The summed E-state index contributed by atoms with van der Waals surface area (Å²) in [5.74, 6) is 0. The summed E-state index contributed by atoms with van der Waals surface area (Å²) >= 11 is 3.60. The van der Waals surface area contributed by atoms with E-state index in [4.69, 9.17) is 0 Å². The molecule has 0 N–H and O–H groups in total. The summed E-state index contributed by atoms with van der Waals surface area (Å²) in [6.45, 7) is 18.0. The largest absolute Gasteiger partial charge is 0.0980 e. The molecule has 0 saturated heterocycles. The Morgan fingerprint density at radius 3 is 1.53 bits per heavy atom. The van der Waals surface area contributed by atoms with Crippen LogP contribution >= 0.6 is 15.9 Å². The van der Waals surface area contributed by atoms with Crippen LogP contribution in [0, 0.1) is 0 Å². The molecule has 0 heterocycles. The van der Waals surface area contributed by atoms with Gasteiger partial charge in [-0.2, -0.15) is 0 Å². The zero-order valence-electron chi connectivity index (χ0n) is 11.0. The molecule has 0 bridgehead atoms. The van der Waals surface area contributed by atoms with Gasteiger partial charge < -0.3 is 0 Å². The molecular formula is C13H25BrSi. The van der Waals surface area contributed by atoms with Gasteiger partial charge in [-0.3, -0.25) is 0 Å². The fraction of sp³-hybridized carbons (Fsp3) is 0.692. The Morgan fingerprint density at radius 1 is 1.00 bits per heavy atom. The lowest BCUT2D eigenvalue weighted by molar-refractivity contribution is 0.833. The van der Waals surface area contributed by atoms with Crippen molar-refractivity contribution in [2.75, 3.05) is 0 Å². The normalized spacial score (nSPS) is 14.1. The molecular weight excluding hydrogens is 264 g/mol. The van der Waals surface area contributed by atoms with E-state index in [0.29, 0.717) is 0 Å². The first kappa shape index (κ1) is 15.2. The fourth-order valence-corrected chi connectivity index (χ4v) is 9.58. The van der Waals surface area contributed by atoms with E-state index in [0.717, 1.165) is 16.6 Å². The number of allylic oxidation sites excluding steroid dienone is 2. The van der Waals surface area contributed by atoms with Crippen LogP contribution in [0.4, 0.5) is 0 Å². The molecule has 0 spiro atoms. The van der Waals surface area contributed by atoms with E-state index in [1.807, 2.05) is 6.08 Å². The summed E-state index contributed by atoms with van der Waals surface area (Å²) < 4.78 is 1.17. The lowest BCUT2D eigenvalue weighted by Crippen LogP contribution is -2.42. The average Bonchev–Trinajstić information content (AvgIpc) is 2.11. The standard InChI is InChI=1S/C13H25BrSi/c1-8-13(14)9-15(10(2)3,11(4)5)12(6)7/h8-12H,1H2,2-7H3/b13-9-. The highest BCUT2D eigenvalue weighted by Crippen LogP contribution is 2.43. The fourth-order valence-electron chi connectivity index (χ4n) is 2.80. The second-order valence-electron chi connectivity index (χ2n) is 5.20. The second kappa shape index (κ2) is 6.05. The van der Waals surface area contributed by atoms with Crippen molar-refractivity contribution in [3.63, 3.8) is 0 Å². The topological polar surface area (TPSA) is 0 Å². The number of hydrogen-bond donors (Lipinski definition) is 0. The van der Waals surface area contributed by atoms with Crippen molar-refractivity contribution >= 4 is 24.0 Å². The molecule has 0 aliphatic heterocycles. The maximum absolute atomic E-state index is 3.83. The van der Waals surface area contributed by atoms with Crippen LogP contribution in [-0.4, -0.2) is 8.07 Å². The van der Waals surface area contributed by atoms with Gasteiger partial charge in [0.2, 0.25) is 0 Å². The molecule has 0 fully saturated rings. The predicted octanol–water partition coefficient (Wildman–Crippen LogP) is 5.67. The van der Waals surface area contributed by atoms with Crippen molar-refractivity contribution in [1.82, 2.24) is 0 Å². The molecule has 0 saturated carbocycles. The van der Waals surface area contributed by atoms with Gasteiger partial charge in [0.25, 0.3) is 0 Å². The van der Waals surface area contributed by atoms with Gasteiger partial charge in [0, 0.05) is 4.48 Å². The maximum Gasteiger partial charge on any atom is 0.0868 e. The lowest BCUT2D eigenvalue weighted by Gasteiger charge is -2.41. The SMILES string of the molecule is C=C/C(Br)=C/[Si](C(C)C)(C(C)C)C(C)C. The van der Waals surface area contributed by atoms with E-state index in [9.17, 15) is 0 Å². The molecule has 0 nitrogen and oxygen atoms in total. The third kappa shape index (κ3) is 3.32. The zero-order chi connectivity index (χ0) is 12.2. The first-order valence-electron chi connectivity index (χ1n) is 5.79. The Kier molecular flexibility index (Phi) is 6.12. The molecule has 0 amide bonds. The molecule has 0 aromatic heterocycles. The summed E-state index contributed by atoms with van der Waals surface area (Å²) in [7, 11) is -1.39. The Labute approximate surface area is 105 Å². The first-order valence-corrected chi connectivity index (χ1v) is 8.90. The van der Waals surface area contributed by atoms with Gasteiger partial charge in [0.15, 0.2) is 0 Å². The third-order valence-corrected chi connectivity index (χ3v) is 11.4. The van der Waals surface area contributed by atoms with Crippen molar-refractivity contribution in [1.29, 1.82) is 0 Å². The number of hydrogen-bond acceptors (Lipinski definition) is 0. The third-order valence-electron chi connectivity index (χ3n) is 3.58. The minimum atomic E-state index is -1.39. The smallest absolute Gasteiger partial charge is 0.0868 e. The minimum absolute atomic E-state index is 0.769. The molecule has 0 unspecified atom stereocenters. The van der Waals surface area contributed by atoms with E-state index < -0.39 is 8.07 Å². The molecule has 15 heavy (non-hydrogen) atoms. The summed E-state index contributed by atoms with van der Waals surface area (Å²) in [4.78, 5) is 0. The molecule has 0 aromatic rings. The summed E-state index contributed by atoms with van der Waals surface area (Å²) in [6, 6.07) is 0. The van der Waals surface area contributed by atoms with E-state index in [1.54, 1.807) is 0 Å². The van der Waals surface area contributed by atoms with Crippen molar-refractivity contribution in [3.05, 3.63) is 22.8 Å². The molecule has 0 rings (SSSR count). The summed E-state index contributed by atoms with van der Waals surface area (Å²) in [5, 5.41) is 0. The maximum atomic E-state index is 3.83. The van der Waals surface area contributed by atoms with E-state index in [2.05, 4.69) is 69.8 Å². The zero-order valence-corrected chi connectivity index (χ0v) is 13.6. The van der Waals surface area contributed by atoms with E-state index in [-0.39, 0.29) is 0 Å². The van der Waals surface area contributed by atoms with Crippen LogP contribution in [-0.2, 0) is 0 Å². The molecule has 0 radical (unpaired) electrons. The average molecular weight is 289 g/mol. The van der Waals surface area contributed by atoms with Crippen LogP contribution in [0.15, 0.2) is 22.8 Å². The van der Waals surface area contributed by atoms with Crippen molar-refractivity contribution in [2.45, 2.75) is 58.2 Å². The highest BCUT2D eigenvalue weighted by Gasteiger charge is 2.40. The quantitative estimate of drug-likeness (QED) is 0.452.